The Morgan fingerprint density at radius 2 is 2.00 bits per heavy atom. The van der Waals surface area contributed by atoms with Gasteiger partial charge < -0.3 is 10.0 Å². The fourth-order valence-corrected chi connectivity index (χ4v) is 3.42. The van der Waals surface area contributed by atoms with Gasteiger partial charge in [0, 0.05) is 18.7 Å². The van der Waals surface area contributed by atoms with Crippen molar-refractivity contribution in [2.45, 2.75) is 44.6 Å². The third-order valence-electron chi connectivity index (χ3n) is 4.46. The first-order valence-electron chi connectivity index (χ1n) is 7.43. The van der Waals surface area contributed by atoms with Crippen LogP contribution in [0.4, 0.5) is 5.69 Å². The SMILES string of the molecule is N#CCc1ccc(N2CCC(O)=C3CCCC[C@@H]32)cc1. The molecule has 0 radical (unpaired) electrons. The van der Waals surface area contributed by atoms with Gasteiger partial charge in [0.25, 0.3) is 0 Å². The summed E-state index contributed by atoms with van der Waals surface area (Å²) in [5.74, 6) is 0.632. The highest BCUT2D eigenvalue weighted by atomic mass is 16.3. The molecule has 0 unspecified atom stereocenters. The molecular weight excluding hydrogens is 248 g/mol. The van der Waals surface area contributed by atoms with Crippen molar-refractivity contribution in [2.75, 3.05) is 11.4 Å². The molecule has 1 aliphatic carbocycles. The third-order valence-corrected chi connectivity index (χ3v) is 4.46. The lowest BCUT2D eigenvalue weighted by Gasteiger charge is -2.41. The molecule has 1 atom stereocenters. The van der Waals surface area contributed by atoms with Crippen molar-refractivity contribution in [3.8, 4) is 6.07 Å². The van der Waals surface area contributed by atoms with Crippen LogP contribution in [0.15, 0.2) is 35.6 Å². The zero-order valence-electron chi connectivity index (χ0n) is 11.7. The second-order valence-electron chi connectivity index (χ2n) is 5.68. The summed E-state index contributed by atoms with van der Waals surface area (Å²) in [6.07, 6.45) is 5.84. The van der Waals surface area contributed by atoms with E-state index in [-0.39, 0.29) is 0 Å². The van der Waals surface area contributed by atoms with E-state index < -0.39 is 0 Å². The number of nitriles is 1. The molecule has 0 spiro atoms. The van der Waals surface area contributed by atoms with Gasteiger partial charge in [-0.1, -0.05) is 18.6 Å². The first-order chi connectivity index (χ1) is 9.79. The summed E-state index contributed by atoms with van der Waals surface area (Å²) in [5.41, 5.74) is 3.53. The van der Waals surface area contributed by atoms with Crippen LogP contribution >= 0.6 is 0 Å². The molecule has 1 saturated carbocycles. The normalized spacial score (nSPS) is 22.4. The Morgan fingerprint density at radius 3 is 2.75 bits per heavy atom. The Kier molecular flexibility index (Phi) is 3.64. The fourth-order valence-electron chi connectivity index (χ4n) is 3.42. The van der Waals surface area contributed by atoms with E-state index in [1.165, 1.54) is 24.1 Å². The molecule has 1 heterocycles. The Morgan fingerprint density at radius 1 is 1.20 bits per heavy atom. The van der Waals surface area contributed by atoms with Crippen LogP contribution in [0.2, 0.25) is 0 Å². The standard InChI is InChI=1S/C17H20N2O/c18-11-9-13-5-7-14(8-6-13)19-12-10-17(20)15-3-1-2-4-16(15)19/h5-8,16,20H,1-4,9-10,12H2/t16-/m0/s1. The zero-order chi connectivity index (χ0) is 13.9. The molecule has 104 valence electrons. The highest BCUT2D eigenvalue weighted by molar-refractivity contribution is 5.52. The molecule has 3 heteroatoms. The van der Waals surface area contributed by atoms with Crippen molar-refractivity contribution in [1.82, 2.24) is 0 Å². The maximum atomic E-state index is 10.1. The summed E-state index contributed by atoms with van der Waals surface area (Å²) in [5, 5.41) is 18.8. The average Bonchev–Trinajstić information content (AvgIpc) is 2.49. The van der Waals surface area contributed by atoms with Crippen LogP contribution in [-0.4, -0.2) is 17.7 Å². The lowest BCUT2D eigenvalue weighted by atomic mass is 9.84. The molecule has 0 amide bonds. The van der Waals surface area contributed by atoms with Gasteiger partial charge in [-0.25, -0.2) is 0 Å². The molecule has 0 bridgehead atoms. The molecule has 3 rings (SSSR count). The van der Waals surface area contributed by atoms with Gasteiger partial charge in [-0.2, -0.15) is 5.26 Å². The van der Waals surface area contributed by atoms with E-state index in [9.17, 15) is 5.11 Å². The Balaban J connectivity index is 1.85. The first kappa shape index (κ1) is 13.1. The van der Waals surface area contributed by atoms with Gasteiger partial charge in [-0.3, -0.25) is 0 Å². The van der Waals surface area contributed by atoms with Crippen molar-refractivity contribution in [3.05, 3.63) is 41.2 Å². The molecule has 1 aliphatic heterocycles. The van der Waals surface area contributed by atoms with Crippen LogP contribution in [0.1, 0.15) is 37.7 Å². The number of aliphatic hydroxyl groups excluding tert-OH is 1. The predicted octanol–water partition coefficient (Wildman–Crippen LogP) is 3.72. The van der Waals surface area contributed by atoms with E-state index in [0.717, 1.165) is 31.4 Å². The summed E-state index contributed by atoms with van der Waals surface area (Å²) in [6, 6.07) is 10.9. The van der Waals surface area contributed by atoms with Gasteiger partial charge in [-0.05, 0) is 42.5 Å². The summed E-state index contributed by atoms with van der Waals surface area (Å²) in [6.45, 7) is 0.887. The van der Waals surface area contributed by atoms with E-state index in [4.69, 9.17) is 5.26 Å². The molecule has 2 aliphatic rings. The lowest BCUT2D eigenvalue weighted by molar-refractivity contribution is 0.338. The Bertz CT molecular complexity index is 553. The predicted molar refractivity (Wildman–Crippen MR) is 79.6 cm³/mol. The number of benzene rings is 1. The molecule has 1 fully saturated rings. The lowest BCUT2D eigenvalue weighted by Crippen LogP contribution is -2.43. The minimum absolute atomic E-state index is 0.374. The number of aliphatic hydroxyl groups is 1. The molecule has 1 N–H and O–H groups in total. The van der Waals surface area contributed by atoms with Crippen LogP contribution in [0.25, 0.3) is 0 Å². The molecule has 3 nitrogen and oxygen atoms in total. The summed E-state index contributed by atoms with van der Waals surface area (Å²) >= 11 is 0. The maximum absolute atomic E-state index is 10.1. The molecule has 0 saturated heterocycles. The summed E-state index contributed by atoms with van der Waals surface area (Å²) < 4.78 is 0. The topological polar surface area (TPSA) is 47.3 Å². The minimum atomic E-state index is 0.374. The number of rotatable bonds is 2. The molecule has 1 aromatic rings. The second kappa shape index (κ2) is 5.58. The fraction of sp³-hybridized carbons (Fsp3) is 0.471. The molecule has 1 aromatic carbocycles. The zero-order valence-corrected chi connectivity index (χ0v) is 11.7. The smallest absolute Gasteiger partial charge is 0.0952 e. The van der Waals surface area contributed by atoms with E-state index in [1.807, 2.05) is 12.1 Å². The van der Waals surface area contributed by atoms with Gasteiger partial charge in [0.15, 0.2) is 0 Å². The van der Waals surface area contributed by atoms with Gasteiger partial charge in [0.1, 0.15) is 0 Å². The van der Waals surface area contributed by atoms with Gasteiger partial charge in [0.05, 0.1) is 24.3 Å². The van der Waals surface area contributed by atoms with Gasteiger partial charge >= 0.3 is 0 Å². The van der Waals surface area contributed by atoms with E-state index in [2.05, 4.69) is 23.1 Å². The summed E-state index contributed by atoms with van der Waals surface area (Å²) in [7, 11) is 0. The summed E-state index contributed by atoms with van der Waals surface area (Å²) in [4.78, 5) is 2.42. The van der Waals surface area contributed by atoms with Crippen LogP contribution in [-0.2, 0) is 6.42 Å². The van der Waals surface area contributed by atoms with E-state index in [0.29, 0.717) is 18.2 Å². The average molecular weight is 268 g/mol. The minimum Gasteiger partial charge on any atom is -0.512 e. The van der Waals surface area contributed by atoms with Crippen LogP contribution < -0.4 is 4.90 Å². The third kappa shape index (κ3) is 2.38. The molecule has 0 aromatic heterocycles. The van der Waals surface area contributed by atoms with E-state index >= 15 is 0 Å². The number of nitrogens with zero attached hydrogens (tertiary/aromatic N) is 2. The van der Waals surface area contributed by atoms with Crippen molar-refractivity contribution in [1.29, 1.82) is 5.26 Å². The molecule has 20 heavy (non-hydrogen) atoms. The van der Waals surface area contributed by atoms with Crippen LogP contribution in [0.3, 0.4) is 0 Å². The quantitative estimate of drug-likeness (QED) is 0.889. The Labute approximate surface area is 120 Å². The highest BCUT2D eigenvalue weighted by Crippen LogP contribution is 2.36. The van der Waals surface area contributed by atoms with Crippen molar-refractivity contribution in [2.24, 2.45) is 0 Å². The van der Waals surface area contributed by atoms with Gasteiger partial charge in [0.2, 0.25) is 0 Å². The van der Waals surface area contributed by atoms with E-state index in [1.54, 1.807) is 0 Å². The van der Waals surface area contributed by atoms with Crippen molar-refractivity contribution in [3.63, 3.8) is 0 Å². The molecular formula is C17H20N2O. The van der Waals surface area contributed by atoms with Crippen LogP contribution in [0, 0.1) is 11.3 Å². The number of hydrogen-bond acceptors (Lipinski definition) is 3. The van der Waals surface area contributed by atoms with Gasteiger partial charge in [-0.15, -0.1) is 0 Å². The van der Waals surface area contributed by atoms with Crippen molar-refractivity contribution >= 4 is 5.69 Å². The van der Waals surface area contributed by atoms with Crippen LogP contribution in [0.5, 0.6) is 0 Å². The maximum Gasteiger partial charge on any atom is 0.0952 e. The second-order valence-corrected chi connectivity index (χ2v) is 5.68. The first-order valence-corrected chi connectivity index (χ1v) is 7.43. The van der Waals surface area contributed by atoms with Crippen molar-refractivity contribution < 1.29 is 5.11 Å². The largest absolute Gasteiger partial charge is 0.512 e. The monoisotopic (exact) mass is 268 g/mol. The number of anilines is 1. The Hall–Kier alpha value is -1.95. The highest BCUT2D eigenvalue weighted by Gasteiger charge is 2.31. The number of fused-ring (bicyclic) bond motifs is 1. The number of hydrogen-bond donors (Lipinski definition) is 1.